The Morgan fingerprint density at radius 2 is 2.00 bits per heavy atom. The fraction of sp³-hybridized carbons (Fsp3) is 0.478. The molecule has 0 bridgehead atoms. The van der Waals surface area contributed by atoms with Crippen molar-refractivity contribution >= 4 is 28.2 Å². The molecule has 7 heteroatoms. The van der Waals surface area contributed by atoms with Crippen molar-refractivity contribution in [1.29, 1.82) is 0 Å². The van der Waals surface area contributed by atoms with E-state index >= 15 is 0 Å². The number of nitrogens with one attached hydrogen (secondary N) is 2. The third kappa shape index (κ3) is 5.26. The summed E-state index contributed by atoms with van der Waals surface area (Å²) in [6.07, 6.45) is 3.15. The maximum absolute atomic E-state index is 13.0. The van der Waals surface area contributed by atoms with Crippen molar-refractivity contribution in [3.05, 3.63) is 52.3 Å². The molecule has 0 spiro atoms. The number of amides is 1. The van der Waals surface area contributed by atoms with Gasteiger partial charge in [-0.15, -0.1) is 0 Å². The highest BCUT2D eigenvalue weighted by atomic mass is 32.2. The lowest BCUT2D eigenvalue weighted by molar-refractivity contribution is 0.0991. The minimum atomic E-state index is -0.962. The molecule has 1 aromatic heterocycles. The quantitative estimate of drug-likeness (QED) is 0.616. The molecule has 0 radical (unpaired) electrons. The van der Waals surface area contributed by atoms with E-state index in [4.69, 9.17) is 4.74 Å². The van der Waals surface area contributed by atoms with Gasteiger partial charge in [-0.05, 0) is 56.4 Å². The van der Waals surface area contributed by atoms with Gasteiger partial charge in [0.1, 0.15) is 5.69 Å². The monoisotopic (exact) mass is 430 g/mol. The number of aryl methyl sites for hydroxylation is 1. The maximum Gasteiger partial charge on any atom is 0.272 e. The number of carbonyl (C=O) groups excluding carboxylic acids is 2. The molecule has 1 aliphatic rings. The van der Waals surface area contributed by atoms with Crippen LogP contribution in [0.1, 0.15) is 70.8 Å². The van der Waals surface area contributed by atoms with Crippen molar-refractivity contribution in [3.63, 3.8) is 0 Å². The van der Waals surface area contributed by atoms with Gasteiger partial charge in [0.2, 0.25) is 0 Å². The van der Waals surface area contributed by atoms with Gasteiger partial charge in [-0.2, -0.15) is 0 Å². The molecule has 1 unspecified atom stereocenters. The largest absolute Gasteiger partial charge is 0.381 e. The number of ether oxygens (including phenoxy) is 1. The van der Waals surface area contributed by atoms with Gasteiger partial charge >= 0.3 is 0 Å². The van der Waals surface area contributed by atoms with Crippen LogP contribution in [0.15, 0.2) is 24.3 Å². The molecule has 1 amide bonds. The second-order valence-electron chi connectivity index (χ2n) is 7.78. The molecule has 1 aromatic carbocycles. The van der Waals surface area contributed by atoms with Gasteiger partial charge in [-0.1, -0.05) is 25.5 Å². The normalized spacial score (nSPS) is 15.7. The lowest BCUT2D eigenvalue weighted by Gasteiger charge is -2.21. The highest BCUT2D eigenvalue weighted by Crippen LogP contribution is 2.23. The van der Waals surface area contributed by atoms with Gasteiger partial charge in [0.05, 0.1) is 0 Å². The van der Waals surface area contributed by atoms with Crippen LogP contribution in [0.25, 0.3) is 0 Å². The Hall–Kier alpha value is -2.25. The van der Waals surface area contributed by atoms with Crippen LogP contribution in [0, 0.1) is 6.92 Å². The summed E-state index contributed by atoms with van der Waals surface area (Å²) in [4.78, 5) is 28.1. The summed E-state index contributed by atoms with van der Waals surface area (Å²) in [5.41, 5.74) is 4.13. The number of rotatable bonds is 8. The summed E-state index contributed by atoms with van der Waals surface area (Å²) in [6, 6.07) is 7.48. The maximum atomic E-state index is 13.0. The standard InChI is InChI=1S/C23H30N2O4S/c1-4-6-20-21(16(3)26)15(2)24-22(20)23(27)25-18-8-5-7-17(13-18)14-30(28)19-9-11-29-12-10-19/h5,7-8,13,19,24H,4,6,9-12,14H2,1-3H3,(H,25,27). The van der Waals surface area contributed by atoms with Crippen molar-refractivity contribution < 1.29 is 18.5 Å². The summed E-state index contributed by atoms with van der Waals surface area (Å²) >= 11 is 0. The van der Waals surface area contributed by atoms with Crippen LogP contribution in [-0.4, -0.2) is 39.3 Å². The number of H-pyrrole nitrogens is 1. The highest BCUT2D eigenvalue weighted by Gasteiger charge is 2.23. The highest BCUT2D eigenvalue weighted by molar-refractivity contribution is 7.84. The topological polar surface area (TPSA) is 88.3 Å². The van der Waals surface area contributed by atoms with Gasteiger partial charge in [0.15, 0.2) is 5.78 Å². The Bertz CT molecular complexity index is 945. The number of aromatic nitrogens is 1. The predicted molar refractivity (Wildman–Crippen MR) is 120 cm³/mol. The zero-order chi connectivity index (χ0) is 21.7. The second-order valence-corrected chi connectivity index (χ2v) is 9.49. The number of carbonyl (C=O) groups is 2. The van der Waals surface area contributed by atoms with Crippen LogP contribution in [0.2, 0.25) is 0 Å². The van der Waals surface area contributed by atoms with Gasteiger partial charge in [0, 0.05) is 52.0 Å². The van der Waals surface area contributed by atoms with E-state index in [9.17, 15) is 13.8 Å². The first kappa shape index (κ1) is 22.4. The second kappa shape index (κ2) is 10.2. The molecule has 162 valence electrons. The molecule has 30 heavy (non-hydrogen) atoms. The van der Waals surface area contributed by atoms with E-state index in [-0.39, 0.29) is 16.9 Å². The fourth-order valence-corrected chi connectivity index (χ4v) is 5.46. The Labute approximate surface area is 180 Å². The van der Waals surface area contributed by atoms with E-state index in [1.807, 2.05) is 38.1 Å². The molecular weight excluding hydrogens is 400 g/mol. The summed E-state index contributed by atoms with van der Waals surface area (Å²) in [5, 5.41) is 3.10. The zero-order valence-electron chi connectivity index (χ0n) is 17.9. The fourth-order valence-electron chi connectivity index (χ4n) is 4.00. The van der Waals surface area contributed by atoms with E-state index in [0.29, 0.717) is 42.3 Å². The summed E-state index contributed by atoms with van der Waals surface area (Å²) in [5.74, 6) is 0.159. The lowest BCUT2D eigenvalue weighted by atomic mass is 10.0. The first-order chi connectivity index (χ1) is 14.4. The molecule has 0 aliphatic carbocycles. The van der Waals surface area contributed by atoms with Gasteiger partial charge in [0.25, 0.3) is 5.91 Å². The van der Waals surface area contributed by atoms with Crippen LogP contribution in [0.3, 0.4) is 0 Å². The van der Waals surface area contributed by atoms with Gasteiger partial charge in [-0.3, -0.25) is 13.8 Å². The van der Waals surface area contributed by atoms with Crippen LogP contribution in [0.5, 0.6) is 0 Å². The SMILES string of the molecule is CCCc1c(C(=O)Nc2cccc(CS(=O)C3CCOCC3)c2)[nH]c(C)c1C(C)=O. The van der Waals surface area contributed by atoms with E-state index in [0.717, 1.165) is 36.1 Å². The lowest BCUT2D eigenvalue weighted by Crippen LogP contribution is -2.25. The molecule has 2 aromatic rings. The third-order valence-corrected chi connectivity index (χ3v) is 7.24. The zero-order valence-corrected chi connectivity index (χ0v) is 18.7. The molecule has 6 nitrogen and oxygen atoms in total. The average molecular weight is 431 g/mol. The number of benzene rings is 1. The van der Waals surface area contributed by atoms with Crippen LogP contribution >= 0.6 is 0 Å². The molecule has 1 fully saturated rings. The van der Waals surface area contributed by atoms with Crippen molar-refractivity contribution in [2.24, 2.45) is 0 Å². The number of anilines is 1. The number of Topliss-reactive ketones (excluding diaryl/α,β-unsaturated/α-hetero) is 1. The molecule has 1 atom stereocenters. The molecule has 2 heterocycles. The molecular formula is C23H30N2O4S. The van der Waals surface area contributed by atoms with Gasteiger partial charge in [-0.25, -0.2) is 0 Å². The van der Waals surface area contributed by atoms with Crippen LogP contribution in [0.4, 0.5) is 5.69 Å². The van der Waals surface area contributed by atoms with Gasteiger partial charge < -0.3 is 15.0 Å². The summed E-state index contributed by atoms with van der Waals surface area (Å²) < 4.78 is 18.0. The van der Waals surface area contributed by atoms with Crippen LogP contribution < -0.4 is 5.32 Å². The molecule has 1 aliphatic heterocycles. The summed E-state index contributed by atoms with van der Waals surface area (Å²) in [6.45, 7) is 6.71. The molecule has 3 rings (SSSR count). The molecule has 1 saturated heterocycles. The number of aromatic amines is 1. The van der Waals surface area contributed by atoms with Crippen molar-refractivity contribution in [1.82, 2.24) is 4.98 Å². The number of ketones is 1. The van der Waals surface area contributed by atoms with E-state index < -0.39 is 10.8 Å². The van der Waals surface area contributed by atoms with Crippen LogP contribution in [-0.2, 0) is 27.7 Å². The first-order valence-corrected chi connectivity index (χ1v) is 11.9. The minimum Gasteiger partial charge on any atom is -0.381 e. The van der Waals surface area contributed by atoms with Crippen molar-refractivity contribution in [3.8, 4) is 0 Å². The minimum absolute atomic E-state index is 0.0381. The number of hydrogen-bond donors (Lipinski definition) is 2. The summed E-state index contributed by atoms with van der Waals surface area (Å²) in [7, 11) is -0.962. The van der Waals surface area contributed by atoms with Crippen molar-refractivity contribution in [2.45, 2.75) is 57.5 Å². The Kier molecular flexibility index (Phi) is 7.61. The first-order valence-electron chi connectivity index (χ1n) is 10.5. The van der Waals surface area contributed by atoms with E-state index in [1.165, 1.54) is 6.92 Å². The predicted octanol–water partition coefficient (Wildman–Crippen LogP) is 4.16. The van der Waals surface area contributed by atoms with Crippen molar-refractivity contribution in [2.75, 3.05) is 18.5 Å². The van der Waals surface area contributed by atoms with E-state index in [1.54, 1.807) is 0 Å². The Balaban J connectivity index is 1.74. The Morgan fingerprint density at radius 1 is 1.27 bits per heavy atom. The third-order valence-electron chi connectivity index (χ3n) is 5.40. The molecule has 0 saturated carbocycles. The van der Waals surface area contributed by atoms with E-state index in [2.05, 4.69) is 10.3 Å². The molecule has 2 N–H and O–H groups in total. The Morgan fingerprint density at radius 3 is 2.67 bits per heavy atom. The number of hydrogen-bond acceptors (Lipinski definition) is 4. The smallest absolute Gasteiger partial charge is 0.272 e. The average Bonchev–Trinajstić information content (AvgIpc) is 3.05.